The van der Waals surface area contributed by atoms with Gasteiger partial charge >= 0.3 is 0 Å². The standard InChI is InChI=1S/C27H30BrN3O5S2/c28-24-12-8-23(9-13-24)20-31(38(35,36)25-6-2-1-3-7-25)21-27(32)29-17-16-22-10-14-26(15-11-22)37(33,34)30-18-4-5-19-30/h1-3,6-15H,4-5,16-21H2,(H,29,32). The molecule has 0 atom stereocenters. The Morgan fingerprint density at radius 3 is 2.05 bits per heavy atom. The van der Waals surface area contributed by atoms with Crippen molar-refractivity contribution in [2.75, 3.05) is 26.2 Å². The van der Waals surface area contributed by atoms with Crippen LogP contribution in [0.4, 0.5) is 0 Å². The lowest BCUT2D eigenvalue weighted by atomic mass is 10.1. The number of amides is 1. The van der Waals surface area contributed by atoms with E-state index in [0.29, 0.717) is 19.5 Å². The van der Waals surface area contributed by atoms with Gasteiger partial charge in [0.2, 0.25) is 26.0 Å². The first-order valence-electron chi connectivity index (χ1n) is 12.3. The van der Waals surface area contributed by atoms with Gasteiger partial charge in [0, 0.05) is 30.7 Å². The van der Waals surface area contributed by atoms with Gasteiger partial charge in [0.1, 0.15) is 0 Å². The zero-order valence-corrected chi connectivity index (χ0v) is 24.0. The average Bonchev–Trinajstić information content (AvgIpc) is 3.47. The number of benzene rings is 3. The first kappa shape index (κ1) is 28.4. The highest BCUT2D eigenvalue weighted by atomic mass is 79.9. The van der Waals surface area contributed by atoms with Crippen LogP contribution in [-0.2, 0) is 37.8 Å². The molecule has 0 unspecified atom stereocenters. The Balaban J connectivity index is 1.38. The molecule has 3 aromatic rings. The minimum Gasteiger partial charge on any atom is -0.355 e. The number of rotatable bonds is 11. The summed E-state index contributed by atoms with van der Waals surface area (Å²) in [5.41, 5.74) is 1.62. The lowest BCUT2D eigenvalue weighted by Crippen LogP contribution is -2.40. The molecular formula is C27H30BrN3O5S2. The summed E-state index contributed by atoms with van der Waals surface area (Å²) in [4.78, 5) is 13.2. The zero-order chi connectivity index (χ0) is 27.2. The fraction of sp³-hybridized carbons (Fsp3) is 0.296. The molecule has 4 rings (SSSR count). The van der Waals surface area contributed by atoms with Gasteiger partial charge in [-0.25, -0.2) is 16.8 Å². The van der Waals surface area contributed by atoms with Gasteiger partial charge in [0.15, 0.2) is 0 Å². The number of nitrogens with zero attached hydrogens (tertiary/aromatic N) is 2. The average molecular weight is 621 g/mol. The molecule has 1 aliphatic rings. The van der Waals surface area contributed by atoms with Crippen molar-refractivity contribution in [1.82, 2.24) is 13.9 Å². The lowest BCUT2D eigenvalue weighted by Gasteiger charge is -2.22. The van der Waals surface area contributed by atoms with Gasteiger partial charge < -0.3 is 5.32 Å². The summed E-state index contributed by atoms with van der Waals surface area (Å²) in [5, 5.41) is 2.79. The third-order valence-corrected chi connectivity index (χ3v) is 10.6. The molecule has 0 aliphatic carbocycles. The molecule has 1 fully saturated rings. The molecule has 1 amide bonds. The maximum atomic E-state index is 13.3. The fourth-order valence-corrected chi connectivity index (χ4v) is 7.42. The van der Waals surface area contributed by atoms with Crippen LogP contribution >= 0.6 is 15.9 Å². The third kappa shape index (κ3) is 7.09. The normalized spacial score (nSPS) is 14.6. The van der Waals surface area contributed by atoms with Crippen LogP contribution in [0, 0.1) is 0 Å². The van der Waals surface area contributed by atoms with Gasteiger partial charge in [-0.15, -0.1) is 0 Å². The Labute approximate surface area is 232 Å². The molecule has 0 aromatic heterocycles. The number of carbonyl (C=O) groups excluding carboxylic acids is 1. The van der Waals surface area contributed by atoms with Gasteiger partial charge in [0.05, 0.1) is 16.3 Å². The van der Waals surface area contributed by atoms with E-state index in [-0.39, 0.29) is 29.4 Å². The second-order valence-electron chi connectivity index (χ2n) is 9.07. The first-order chi connectivity index (χ1) is 18.2. The minimum atomic E-state index is -3.91. The van der Waals surface area contributed by atoms with Crippen LogP contribution in [0.2, 0.25) is 0 Å². The first-order valence-corrected chi connectivity index (χ1v) is 16.0. The van der Waals surface area contributed by atoms with Crippen LogP contribution in [0.25, 0.3) is 0 Å². The zero-order valence-electron chi connectivity index (χ0n) is 20.8. The minimum absolute atomic E-state index is 0.0465. The molecular weight excluding hydrogens is 590 g/mol. The lowest BCUT2D eigenvalue weighted by molar-refractivity contribution is -0.121. The summed E-state index contributed by atoms with van der Waals surface area (Å²) >= 11 is 3.38. The number of carbonyl (C=O) groups is 1. The van der Waals surface area contributed by atoms with Gasteiger partial charge in [-0.3, -0.25) is 4.79 Å². The van der Waals surface area contributed by atoms with E-state index in [1.165, 1.54) is 20.7 Å². The van der Waals surface area contributed by atoms with Crippen molar-refractivity contribution < 1.29 is 21.6 Å². The van der Waals surface area contributed by atoms with Crippen molar-refractivity contribution in [3.05, 3.63) is 94.5 Å². The number of hydrogen-bond donors (Lipinski definition) is 1. The third-order valence-electron chi connectivity index (χ3n) is 6.34. The maximum absolute atomic E-state index is 13.3. The molecule has 0 bridgehead atoms. The van der Waals surface area contributed by atoms with Crippen molar-refractivity contribution in [2.45, 2.75) is 35.6 Å². The Kier molecular flexibility index (Phi) is 9.37. The van der Waals surface area contributed by atoms with E-state index in [1.807, 2.05) is 24.3 Å². The summed E-state index contributed by atoms with van der Waals surface area (Å²) in [5.74, 6) is -0.421. The molecule has 202 valence electrons. The van der Waals surface area contributed by atoms with Crippen LogP contribution in [0.5, 0.6) is 0 Å². The highest BCUT2D eigenvalue weighted by Gasteiger charge is 2.28. The molecule has 8 nitrogen and oxygen atoms in total. The maximum Gasteiger partial charge on any atom is 0.243 e. The van der Waals surface area contributed by atoms with Gasteiger partial charge in [-0.05, 0) is 66.8 Å². The molecule has 1 heterocycles. The van der Waals surface area contributed by atoms with E-state index in [4.69, 9.17) is 0 Å². The van der Waals surface area contributed by atoms with E-state index < -0.39 is 26.0 Å². The number of hydrogen-bond acceptors (Lipinski definition) is 5. The van der Waals surface area contributed by atoms with Crippen molar-refractivity contribution >= 4 is 41.9 Å². The Hall–Kier alpha value is -2.57. The van der Waals surface area contributed by atoms with Crippen molar-refractivity contribution in [2.24, 2.45) is 0 Å². The quantitative estimate of drug-likeness (QED) is 0.352. The second-order valence-corrected chi connectivity index (χ2v) is 13.9. The van der Waals surface area contributed by atoms with E-state index in [1.54, 1.807) is 42.5 Å². The highest BCUT2D eigenvalue weighted by molar-refractivity contribution is 9.10. The number of nitrogens with one attached hydrogen (secondary N) is 1. The van der Waals surface area contributed by atoms with E-state index in [0.717, 1.165) is 28.4 Å². The van der Waals surface area contributed by atoms with Crippen LogP contribution in [0.1, 0.15) is 24.0 Å². The van der Waals surface area contributed by atoms with Crippen LogP contribution in [0.15, 0.2) is 93.1 Å². The van der Waals surface area contributed by atoms with Gasteiger partial charge in [-0.2, -0.15) is 8.61 Å². The summed E-state index contributed by atoms with van der Waals surface area (Å²) in [6.07, 6.45) is 2.24. The molecule has 1 saturated heterocycles. The fourth-order valence-electron chi connectivity index (χ4n) is 4.23. The molecule has 1 N–H and O–H groups in total. The van der Waals surface area contributed by atoms with Crippen LogP contribution in [0.3, 0.4) is 0 Å². The summed E-state index contributed by atoms with van der Waals surface area (Å²) < 4.78 is 55.6. The van der Waals surface area contributed by atoms with Crippen molar-refractivity contribution in [1.29, 1.82) is 0 Å². The predicted octanol–water partition coefficient (Wildman–Crippen LogP) is 3.78. The molecule has 3 aromatic carbocycles. The Bertz CT molecular complexity index is 1440. The molecule has 0 radical (unpaired) electrons. The largest absolute Gasteiger partial charge is 0.355 e. The summed E-state index contributed by atoms with van der Waals surface area (Å²) in [7, 11) is -7.38. The topological polar surface area (TPSA) is 104 Å². The second kappa shape index (κ2) is 12.5. The van der Waals surface area contributed by atoms with Crippen LogP contribution in [-0.4, -0.2) is 57.5 Å². The highest BCUT2D eigenvalue weighted by Crippen LogP contribution is 2.22. The van der Waals surface area contributed by atoms with Crippen molar-refractivity contribution in [3.63, 3.8) is 0 Å². The van der Waals surface area contributed by atoms with Gasteiger partial charge in [0.25, 0.3) is 0 Å². The van der Waals surface area contributed by atoms with Gasteiger partial charge in [-0.1, -0.05) is 58.4 Å². The Morgan fingerprint density at radius 2 is 1.42 bits per heavy atom. The molecule has 38 heavy (non-hydrogen) atoms. The van der Waals surface area contributed by atoms with Crippen molar-refractivity contribution in [3.8, 4) is 0 Å². The predicted molar refractivity (Wildman–Crippen MR) is 149 cm³/mol. The van der Waals surface area contributed by atoms with E-state index in [9.17, 15) is 21.6 Å². The summed E-state index contributed by atoms with van der Waals surface area (Å²) in [6.45, 7) is 1.10. The molecule has 1 aliphatic heterocycles. The number of halogens is 1. The SMILES string of the molecule is O=C(CN(Cc1ccc(Br)cc1)S(=O)(=O)c1ccccc1)NCCc1ccc(S(=O)(=O)N2CCCC2)cc1. The van der Waals surface area contributed by atoms with Crippen LogP contribution < -0.4 is 5.32 Å². The summed E-state index contributed by atoms with van der Waals surface area (Å²) in [6, 6.07) is 22.0. The smallest absolute Gasteiger partial charge is 0.243 e. The molecule has 0 saturated carbocycles. The molecule has 0 spiro atoms. The van der Waals surface area contributed by atoms with E-state index in [2.05, 4.69) is 21.2 Å². The van der Waals surface area contributed by atoms with E-state index >= 15 is 0 Å². The number of sulfonamides is 2. The monoisotopic (exact) mass is 619 g/mol. The Morgan fingerprint density at radius 1 is 0.816 bits per heavy atom. The molecule has 11 heteroatoms.